The van der Waals surface area contributed by atoms with Gasteiger partial charge in [0.25, 0.3) is 5.91 Å². The third-order valence-electron chi connectivity index (χ3n) is 3.73. The highest BCUT2D eigenvalue weighted by atomic mass is 19.1. The summed E-state index contributed by atoms with van der Waals surface area (Å²) in [5.41, 5.74) is 1.51. The van der Waals surface area contributed by atoms with E-state index in [9.17, 15) is 14.0 Å². The molecule has 1 aromatic heterocycles. The van der Waals surface area contributed by atoms with Gasteiger partial charge in [-0.15, -0.1) is 0 Å². The third-order valence-corrected chi connectivity index (χ3v) is 3.73. The molecule has 0 saturated carbocycles. The van der Waals surface area contributed by atoms with E-state index in [1.54, 1.807) is 37.3 Å². The van der Waals surface area contributed by atoms with Crippen molar-refractivity contribution < 1.29 is 18.7 Å². The molecule has 0 saturated heterocycles. The quantitative estimate of drug-likeness (QED) is 0.656. The number of nitrogens with one attached hydrogen (secondary N) is 2. The van der Waals surface area contributed by atoms with Crippen LogP contribution in [-0.4, -0.2) is 29.0 Å². The lowest BCUT2D eigenvalue weighted by atomic mass is 10.2. The summed E-state index contributed by atoms with van der Waals surface area (Å²) in [4.78, 5) is 32.6. The predicted molar refractivity (Wildman–Crippen MR) is 102 cm³/mol. The van der Waals surface area contributed by atoms with E-state index < -0.39 is 11.9 Å². The minimum absolute atomic E-state index is 0.139. The van der Waals surface area contributed by atoms with Gasteiger partial charge in [-0.2, -0.15) is 0 Å². The largest absolute Gasteiger partial charge is 0.465 e. The SMILES string of the molecule is COC(=O)c1cccc(NC(=O)c2cc(Nc3ccc(F)cc3)nc(C)n2)c1. The van der Waals surface area contributed by atoms with E-state index in [1.807, 2.05) is 0 Å². The number of halogens is 1. The first-order chi connectivity index (χ1) is 13.4. The Kier molecular flexibility index (Phi) is 5.59. The number of aromatic nitrogens is 2. The van der Waals surface area contributed by atoms with Crippen LogP contribution in [0.4, 0.5) is 21.6 Å². The van der Waals surface area contributed by atoms with Crippen LogP contribution in [0.1, 0.15) is 26.7 Å². The molecule has 3 rings (SSSR count). The summed E-state index contributed by atoms with van der Waals surface area (Å²) in [6, 6.07) is 13.6. The highest BCUT2D eigenvalue weighted by Crippen LogP contribution is 2.17. The molecule has 3 aromatic rings. The van der Waals surface area contributed by atoms with Crippen LogP contribution < -0.4 is 10.6 Å². The number of aryl methyl sites for hydroxylation is 1. The first kappa shape index (κ1) is 19.0. The number of esters is 1. The molecule has 0 fully saturated rings. The molecule has 2 N–H and O–H groups in total. The Bertz CT molecular complexity index is 1020. The summed E-state index contributed by atoms with van der Waals surface area (Å²) >= 11 is 0. The standard InChI is InChI=1S/C20H17FN4O3/c1-12-22-17(11-18(23-12)24-15-8-6-14(21)7-9-15)19(26)25-16-5-3-4-13(10-16)20(27)28-2/h3-11H,1-2H3,(H,25,26)(H,22,23,24). The average Bonchev–Trinajstić information content (AvgIpc) is 2.69. The second kappa shape index (κ2) is 8.26. The number of amides is 1. The molecule has 0 aliphatic heterocycles. The maximum Gasteiger partial charge on any atom is 0.337 e. The van der Waals surface area contributed by atoms with Crippen LogP contribution in [0.25, 0.3) is 0 Å². The van der Waals surface area contributed by atoms with Gasteiger partial charge in [0, 0.05) is 17.4 Å². The fourth-order valence-electron chi connectivity index (χ4n) is 2.47. The molecule has 0 spiro atoms. The first-order valence-electron chi connectivity index (χ1n) is 8.32. The number of benzene rings is 2. The first-order valence-corrected chi connectivity index (χ1v) is 8.32. The van der Waals surface area contributed by atoms with Crippen LogP contribution in [0.5, 0.6) is 0 Å². The molecule has 0 unspecified atom stereocenters. The number of methoxy groups -OCH3 is 1. The average molecular weight is 380 g/mol. The Labute approximate surface area is 160 Å². The van der Waals surface area contributed by atoms with Gasteiger partial charge in [0.2, 0.25) is 0 Å². The van der Waals surface area contributed by atoms with Crippen LogP contribution in [0.15, 0.2) is 54.6 Å². The molecule has 0 atom stereocenters. The lowest BCUT2D eigenvalue weighted by Gasteiger charge is -2.10. The van der Waals surface area contributed by atoms with Crippen molar-refractivity contribution in [2.45, 2.75) is 6.92 Å². The number of ether oxygens (including phenoxy) is 1. The molecule has 7 nitrogen and oxygen atoms in total. The van der Waals surface area contributed by atoms with E-state index in [-0.39, 0.29) is 11.5 Å². The topological polar surface area (TPSA) is 93.2 Å². The Morgan fingerprint density at radius 2 is 1.75 bits per heavy atom. The monoisotopic (exact) mass is 380 g/mol. The maximum atomic E-state index is 13.0. The summed E-state index contributed by atoms with van der Waals surface area (Å²) < 4.78 is 17.7. The molecule has 8 heteroatoms. The maximum absolute atomic E-state index is 13.0. The van der Waals surface area contributed by atoms with Crippen molar-refractivity contribution in [1.29, 1.82) is 0 Å². The van der Waals surface area contributed by atoms with Gasteiger partial charge < -0.3 is 15.4 Å². The molecule has 0 aliphatic carbocycles. The van der Waals surface area contributed by atoms with Gasteiger partial charge in [-0.1, -0.05) is 6.07 Å². The Hall–Kier alpha value is -3.81. The molecule has 28 heavy (non-hydrogen) atoms. The predicted octanol–water partition coefficient (Wildman–Crippen LogP) is 3.71. The van der Waals surface area contributed by atoms with E-state index in [4.69, 9.17) is 0 Å². The normalized spacial score (nSPS) is 10.2. The van der Waals surface area contributed by atoms with Gasteiger partial charge >= 0.3 is 5.97 Å². The molecule has 2 aromatic carbocycles. The lowest BCUT2D eigenvalue weighted by molar-refractivity contribution is 0.0600. The van der Waals surface area contributed by atoms with Crippen molar-refractivity contribution in [3.63, 3.8) is 0 Å². The van der Waals surface area contributed by atoms with Gasteiger partial charge in [0.15, 0.2) is 0 Å². The number of hydrogen-bond acceptors (Lipinski definition) is 6. The second-order valence-electron chi connectivity index (χ2n) is 5.84. The number of hydrogen-bond donors (Lipinski definition) is 2. The molecule has 1 amide bonds. The zero-order valence-corrected chi connectivity index (χ0v) is 15.2. The van der Waals surface area contributed by atoms with Crippen LogP contribution in [0.2, 0.25) is 0 Å². The van der Waals surface area contributed by atoms with Crippen LogP contribution in [-0.2, 0) is 4.74 Å². The lowest BCUT2D eigenvalue weighted by Crippen LogP contribution is -2.16. The van der Waals surface area contributed by atoms with E-state index in [0.29, 0.717) is 28.6 Å². The molecule has 142 valence electrons. The fraction of sp³-hybridized carbons (Fsp3) is 0.100. The number of carbonyl (C=O) groups excluding carboxylic acids is 2. The zero-order valence-electron chi connectivity index (χ0n) is 15.2. The molecular formula is C20H17FN4O3. The molecule has 1 heterocycles. The van der Waals surface area contributed by atoms with E-state index in [1.165, 1.54) is 31.4 Å². The smallest absolute Gasteiger partial charge is 0.337 e. The van der Waals surface area contributed by atoms with Crippen molar-refractivity contribution in [1.82, 2.24) is 9.97 Å². The molecule has 0 aliphatic rings. The van der Waals surface area contributed by atoms with E-state index in [0.717, 1.165) is 0 Å². The number of rotatable bonds is 5. The number of anilines is 3. The summed E-state index contributed by atoms with van der Waals surface area (Å²) in [7, 11) is 1.28. The number of carbonyl (C=O) groups is 2. The highest BCUT2D eigenvalue weighted by Gasteiger charge is 2.13. The third kappa shape index (κ3) is 4.67. The Morgan fingerprint density at radius 3 is 2.46 bits per heavy atom. The van der Waals surface area contributed by atoms with Crippen LogP contribution in [0, 0.1) is 12.7 Å². The van der Waals surface area contributed by atoms with E-state index >= 15 is 0 Å². The highest BCUT2D eigenvalue weighted by molar-refractivity contribution is 6.04. The van der Waals surface area contributed by atoms with Crippen molar-refractivity contribution in [3.8, 4) is 0 Å². The minimum Gasteiger partial charge on any atom is -0.465 e. The summed E-state index contributed by atoms with van der Waals surface area (Å²) in [5, 5.41) is 5.69. The van der Waals surface area contributed by atoms with Crippen LogP contribution >= 0.6 is 0 Å². The Balaban J connectivity index is 1.79. The summed E-state index contributed by atoms with van der Waals surface area (Å²) in [5.74, 6) is -0.527. The van der Waals surface area contributed by atoms with Gasteiger partial charge in [-0.25, -0.2) is 19.2 Å². The summed E-state index contributed by atoms with van der Waals surface area (Å²) in [6.45, 7) is 1.66. The van der Waals surface area contributed by atoms with Gasteiger partial charge in [0.1, 0.15) is 23.2 Å². The Morgan fingerprint density at radius 1 is 1.00 bits per heavy atom. The van der Waals surface area contributed by atoms with Crippen LogP contribution in [0.3, 0.4) is 0 Å². The number of nitrogens with zero attached hydrogens (tertiary/aromatic N) is 2. The van der Waals surface area contributed by atoms with Crippen molar-refractivity contribution in [2.24, 2.45) is 0 Å². The van der Waals surface area contributed by atoms with E-state index in [2.05, 4.69) is 25.3 Å². The van der Waals surface area contributed by atoms with Crippen molar-refractivity contribution in [3.05, 3.63) is 77.5 Å². The molecule has 0 bridgehead atoms. The van der Waals surface area contributed by atoms with Crippen molar-refractivity contribution in [2.75, 3.05) is 17.7 Å². The molecule has 0 radical (unpaired) electrons. The minimum atomic E-state index is -0.500. The van der Waals surface area contributed by atoms with Gasteiger partial charge in [0.05, 0.1) is 12.7 Å². The zero-order chi connectivity index (χ0) is 20.1. The second-order valence-corrected chi connectivity index (χ2v) is 5.84. The van der Waals surface area contributed by atoms with Gasteiger partial charge in [-0.05, 0) is 49.4 Å². The summed E-state index contributed by atoms with van der Waals surface area (Å²) in [6.07, 6.45) is 0. The van der Waals surface area contributed by atoms with Crippen molar-refractivity contribution >= 4 is 29.1 Å². The molecular weight excluding hydrogens is 363 g/mol. The fourth-order valence-corrected chi connectivity index (χ4v) is 2.47. The van der Waals surface area contributed by atoms with Gasteiger partial charge in [-0.3, -0.25) is 4.79 Å².